The Hall–Kier alpha value is -3.68. The Morgan fingerprint density at radius 1 is 1.00 bits per heavy atom. The number of hydrogen-bond donors (Lipinski definition) is 1. The van der Waals surface area contributed by atoms with Crippen LogP contribution in [0.5, 0.6) is 0 Å². The summed E-state index contributed by atoms with van der Waals surface area (Å²) in [4.78, 5) is 32.6. The number of non-ortho nitro benzene ring substituents is 1. The van der Waals surface area contributed by atoms with Gasteiger partial charge in [0, 0.05) is 55.4 Å². The second-order valence-electron chi connectivity index (χ2n) is 8.04. The Morgan fingerprint density at radius 2 is 1.68 bits per heavy atom. The van der Waals surface area contributed by atoms with Crippen LogP contribution in [0.1, 0.15) is 23.2 Å². The van der Waals surface area contributed by atoms with Crippen molar-refractivity contribution in [2.45, 2.75) is 18.9 Å². The number of anilines is 2. The number of fused-ring (bicyclic) bond motifs is 1. The average Bonchev–Trinajstić information content (AvgIpc) is 3.62. The van der Waals surface area contributed by atoms with Crippen LogP contribution in [0.2, 0.25) is 0 Å². The molecule has 8 heteroatoms. The van der Waals surface area contributed by atoms with Gasteiger partial charge in [0.25, 0.3) is 11.6 Å². The summed E-state index contributed by atoms with van der Waals surface area (Å²) < 4.78 is 0. The minimum Gasteiger partial charge on any atom is -0.368 e. The topological polar surface area (TPSA) is 91.6 Å². The van der Waals surface area contributed by atoms with E-state index < -0.39 is 0 Å². The third-order valence-electron chi connectivity index (χ3n) is 5.89. The summed E-state index contributed by atoms with van der Waals surface area (Å²) in [5, 5.41) is 14.8. The van der Waals surface area contributed by atoms with Crippen molar-refractivity contribution >= 4 is 34.0 Å². The standard InChI is InChI=1S/C23H23N5O3/c29-23(24-16-5-6-16)20-15-22(25-21-4-2-1-3-19(20)21)27-13-11-26(12-14-27)17-7-9-18(10-8-17)28(30)31/h1-4,7-10,15-16H,5-6,11-14H2,(H,24,29). The Labute approximate surface area is 179 Å². The molecule has 2 heterocycles. The van der Waals surface area contributed by atoms with Gasteiger partial charge in [-0.25, -0.2) is 4.98 Å². The number of pyridine rings is 1. The van der Waals surface area contributed by atoms with Crippen LogP contribution < -0.4 is 15.1 Å². The molecule has 31 heavy (non-hydrogen) atoms. The predicted molar refractivity (Wildman–Crippen MR) is 120 cm³/mol. The van der Waals surface area contributed by atoms with E-state index in [9.17, 15) is 14.9 Å². The van der Waals surface area contributed by atoms with Crippen LogP contribution in [-0.4, -0.2) is 48.0 Å². The maximum Gasteiger partial charge on any atom is 0.269 e. The van der Waals surface area contributed by atoms with Gasteiger partial charge in [-0.05, 0) is 37.1 Å². The first-order valence-corrected chi connectivity index (χ1v) is 10.5. The number of carbonyl (C=O) groups is 1. The zero-order chi connectivity index (χ0) is 21.4. The van der Waals surface area contributed by atoms with E-state index in [4.69, 9.17) is 4.98 Å². The minimum atomic E-state index is -0.385. The maximum atomic E-state index is 12.8. The molecule has 2 aromatic carbocycles. The molecule has 0 unspecified atom stereocenters. The molecule has 0 spiro atoms. The van der Waals surface area contributed by atoms with Crippen LogP contribution >= 0.6 is 0 Å². The summed E-state index contributed by atoms with van der Waals surface area (Å²) in [5.74, 6) is 0.773. The molecule has 0 bridgehead atoms. The molecule has 5 rings (SSSR count). The van der Waals surface area contributed by atoms with Crippen molar-refractivity contribution in [1.29, 1.82) is 0 Å². The Kier molecular flexibility index (Phi) is 4.89. The first-order valence-electron chi connectivity index (χ1n) is 10.5. The third kappa shape index (κ3) is 4.01. The molecular formula is C23H23N5O3. The fourth-order valence-corrected chi connectivity index (χ4v) is 3.98. The van der Waals surface area contributed by atoms with Gasteiger partial charge in [0.1, 0.15) is 5.82 Å². The highest BCUT2D eigenvalue weighted by molar-refractivity contribution is 6.07. The SMILES string of the molecule is O=C(NC1CC1)c1cc(N2CCN(c3ccc([N+](=O)[O-])cc3)CC2)nc2ccccc12. The average molecular weight is 417 g/mol. The van der Waals surface area contributed by atoms with Crippen LogP contribution in [-0.2, 0) is 0 Å². The second-order valence-corrected chi connectivity index (χ2v) is 8.04. The lowest BCUT2D eigenvalue weighted by molar-refractivity contribution is -0.384. The molecule has 1 saturated carbocycles. The summed E-state index contributed by atoms with van der Waals surface area (Å²) >= 11 is 0. The molecule has 1 aliphatic carbocycles. The normalized spacial score (nSPS) is 16.4. The fourth-order valence-electron chi connectivity index (χ4n) is 3.98. The molecule has 2 aliphatic rings. The van der Waals surface area contributed by atoms with Crippen LogP contribution in [0, 0.1) is 10.1 Å². The lowest BCUT2D eigenvalue weighted by atomic mass is 10.1. The maximum absolute atomic E-state index is 12.8. The Bertz CT molecular complexity index is 1140. The number of aromatic nitrogens is 1. The van der Waals surface area contributed by atoms with Crippen molar-refractivity contribution in [2.24, 2.45) is 0 Å². The molecule has 1 amide bonds. The number of carbonyl (C=O) groups excluding carboxylic acids is 1. The summed E-state index contributed by atoms with van der Waals surface area (Å²) in [5.41, 5.74) is 2.56. The van der Waals surface area contributed by atoms with Gasteiger partial charge in [0.05, 0.1) is 16.0 Å². The van der Waals surface area contributed by atoms with Gasteiger partial charge in [-0.3, -0.25) is 14.9 Å². The van der Waals surface area contributed by atoms with Gasteiger partial charge in [-0.15, -0.1) is 0 Å². The number of hydrogen-bond acceptors (Lipinski definition) is 6. The van der Waals surface area contributed by atoms with E-state index in [1.807, 2.05) is 30.3 Å². The van der Waals surface area contributed by atoms with Crippen LogP contribution in [0.3, 0.4) is 0 Å². The first kappa shape index (κ1) is 19.3. The molecule has 0 atom stereocenters. The summed E-state index contributed by atoms with van der Waals surface area (Å²) in [6, 6.07) is 16.6. The van der Waals surface area contributed by atoms with Crippen LogP contribution in [0.25, 0.3) is 10.9 Å². The minimum absolute atomic E-state index is 0.0353. The number of nitrogens with zero attached hydrogens (tertiary/aromatic N) is 4. The van der Waals surface area contributed by atoms with Crippen molar-refractivity contribution < 1.29 is 9.72 Å². The number of amides is 1. The largest absolute Gasteiger partial charge is 0.368 e. The van der Waals surface area contributed by atoms with Gasteiger partial charge in [0.15, 0.2) is 0 Å². The van der Waals surface area contributed by atoms with Gasteiger partial charge >= 0.3 is 0 Å². The molecule has 1 aliphatic heterocycles. The Morgan fingerprint density at radius 3 is 2.35 bits per heavy atom. The van der Waals surface area contributed by atoms with Gasteiger partial charge in [0.2, 0.25) is 0 Å². The highest BCUT2D eigenvalue weighted by atomic mass is 16.6. The number of nitro groups is 1. The van der Waals surface area contributed by atoms with Crippen molar-refractivity contribution in [2.75, 3.05) is 36.0 Å². The Balaban J connectivity index is 1.35. The van der Waals surface area contributed by atoms with E-state index in [0.29, 0.717) is 11.6 Å². The molecule has 0 radical (unpaired) electrons. The van der Waals surface area contributed by atoms with E-state index in [2.05, 4.69) is 15.1 Å². The van der Waals surface area contributed by atoms with Crippen molar-refractivity contribution in [3.05, 3.63) is 70.3 Å². The number of nitro benzene ring substituents is 1. The van der Waals surface area contributed by atoms with E-state index in [1.165, 1.54) is 12.1 Å². The molecule has 3 aromatic rings. The zero-order valence-electron chi connectivity index (χ0n) is 17.0. The van der Waals surface area contributed by atoms with Crippen LogP contribution in [0.15, 0.2) is 54.6 Å². The summed E-state index contributed by atoms with van der Waals surface area (Å²) in [6.45, 7) is 3.06. The van der Waals surface area contributed by atoms with E-state index >= 15 is 0 Å². The zero-order valence-corrected chi connectivity index (χ0v) is 17.0. The molecule has 8 nitrogen and oxygen atoms in total. The van der Waals surface area contributed by atoms with E-state index in [1.54, 1.807) is 12.1 Å². The number of rotatable bonds is 5. The molecular weight excluding hydrogens is 394 g/mol. The second kappa shape index (κ2) is 7.86. The lowest BCUT2D eigenvalue weighted by Gasteiger charge is -2.37. The van der Waals surface area contributed by atoms with E-state index in [0.717, 1.165) is 61.4 Å². The molecule has 1 aromatic heterocycles. The van der Waals surface area contributed by atoms with Crippen molar-refractivity contribution in [3.8, 4) is 0 Å². The monoisotopic (exact) mass is 417 g/mol. The quantitative estimate of drug-likeness (QED) is 0.506. The lowest BCUT2D eigenvalue weighted by Crippen LogP contribution is -2.47. The highest BCUT2D eigenvalue weighted by Crippen LogP contribution is 2.27. The first-order chi connectivity index (χ1) is 15.1. The third-order valence-corrected chi connectivity index (χ3v) is 5.89. The van der Waals surface area contributed by atoms with Gasteiger partial charge in [-0.2, -0.15) is 0 Å². The molecule has 1 saturated heterocycles. The molecule has 1 N–H and O–H groups in total. The number of piperazine rings is 1. The van der Waals surface area contributed by atoms with Crippen molar-refractivity contribution in [1.82, 2.24) is 10.3 Å². The number of para-hydroxylation sites is 1. The van der Waals surface area contributed by atoms with Gasteiger partial charge < -0.3 is 15.1 Å². The highest BCUT2D eigenvalue weighted by Gasteiger charge is 2.26. The summed E-state index contributed by atoms with van der Waals surface area (Å²) in [6.07, 6.45) is 2.10. The molecule has 158 valence electrons. The molecule has 2 fully saturated rings. The number of nitrogens with one attached hydrogen (secondary N) is 1. The van der Waals surface area contributed by atoms with Crippen LogP contribution in [0.4, 0.5) is 17.2 Å². The van der Waals surface area contributed by atoms with E-state index in [-0.39, 0.29) is 16.5 Å². The van der Waals surface area contributed by atoms with Crippen molar-refractivity contribution in [3.63, 3.8) is 0 Å². The summed E-state index contributed by atoms with van der Waals surface area (Å²) in [7, 11) is 0. The number of benzene rings is 2. The van der Waals surface area contributed by atoms with Gasteiger partial charge in [-0.1, -0.05) is 18.2 Å². The fraction of sp³-hybridized carbons (Fsp3) is 0.304. The predicted octanol–water partition coefficient (Wildman–Crippen LogP) is 3.36. The smallest absolute Gasteiger partial charge is 0.269 e.